The lowest BCUT2D eigenvalue weighted by Gasteiger charge is -2.18. The number of hydrogen-bond donors (Lipinski definition) is 2. The molecule has 1 fully saturated rings. The molecule has 6 nitrogen and oxygen atoms in total. The summed E-state index contributed by atoms with van der Waals surface area (Å²) in [5.41, 5.74) is 3.86. The van der Waals surface area contributed by atoms with E-state index in [2.05, 4.69) is 22.1 Å². The molecule has 0 amide bonds. The molecule has 3 aromatic heterocycles. The zero-order chi connectivity index (χ0) is 24.5. The maximum absolute atomic E-state index is 10.3. The van der Waals surface area contributed by atoms with Crippen molar-refractivity contribution in [2.45, 2.75) is 44.0 Å². The molecule has 0 atom stereocenters. The van der Waals surface area contributed by atoms with E-state index in [9.17, 15) is 13.5 Å². The first-order valence-corrected chi connectivity index (χ1v) is 13.6. The van der Waals surface area contributed by atoms with Crippen molar-refractivity contribution in [2.24, 2.45) is 5.14 Å². The highest BCUT2D eigenvalue weighted by Gasteiger charge is 2.32. The third kappa shape index (κ3) is 6.00. The Balaban J connectivity index is 0.000000336. The molecule has 0 unspecified atom stereocenters. The summed E-state index contributed by atoms with van der Waals surface area (Å²) in [5.74, 6) is 0. The third-order valence-electron chi connectivity index (χ3n) is 5.52. The number of nitrogens with zero attached hydrogens (tertiary/aromatic N) is 2. The van der Waals surface area contributed by atoms with Gasteiger partial charge in [0.15, 0.2) is 0 Å². The highest BCUT2D eigenvalue weighted by atomic mass is 35.5. The van der Waals surface area contributed by atoms with E-state index in [-0.39, 0.29) is 5.25 Å². The van der Waals surface area contributed by atoms with Crippen molar-refractivity contribution in [1.82, 2.24) is 9.97 Å². The van der Waals surface area contributed by atoms with Crippen molar-refractivity contribution in [2.75, 3.05) is 0 Å². The summed E-state index contributed by atoms with van der Waals surface area (Å²) >= 11 is 8.03. The molecule has 178 valence electrons. The SMILES string of the molecule is CC(C)(O)c1ccnc(-c2ccnc3cc(Cc4ccccc4Cl)sc23)c1.NS(=O)(=O)C1CC1. The van der Waals surface area contributed by atoms with Gasteiger partial charge >= 0.3 is 0 Å². The van der Waals surface area contributed by atoms with Gasteiger partial charge in [-0.1, -0.05) is 29.8 Å². The molecule has 0 aliphatic heterocycles. The van der Waals surface area contributed by atoms with Crippen LogP contribution in [0, 0.1) is 0 Å². The highest BCUT2D eigenvalue weighted by Crippen LogP contribution is 2.35. The van der Waals surface area contributed by atoms with Crippen LogP contribution in [0.4, 0.5) is 0 Å². The molecule has 0 spiro atoms. The molecule has 1 saturated carbocycles. The second-order valence-electron chi connectivity index (χ2n) is 8.83. The van der Waals surface area contributed by atoms with Crippen LogP contribution >= 0.6 is 22.9 Å². The smallest absolute Gasteiger partial charge is 0.211 e. The molecule has 3 heterocycles. The molecule has 0 bridgehead atoms. The van der Waals surface area contributed by atoms with Gasteiger partial charge in [-0.15, -0.1) is 11.3 Å². The number of benzene rings is 1. The van der Waals surface area contributed by atoms with E-state index in [1.165, 1.54) is 4.88 Å². The fraction of sp³-hybridized carbons (Fsp3) is 0.280. The lowest BCUT2D eigenvalue weighted by atomic mass is 9.97. The zero-order valence-electron chi connectivity index (χ0n) is 18.9. The Morgan fingerprint density at radius 3 is 2.44 bits per heavy atom. The summed E-state index contributed by atoms with van der Waals surface area (Å²) in [7, 11) is -3.13. The van der Waals surface area contributed by atoms with Crippen LogP contribution in [0.15, 0.2) is 60.9 Å². The van der Waals surface area contributed by atoms with Crippen LogP contribution in [0.3, 0.4) is 0 Å². The maximum atomic E-state index is 10.3. The normalized spacial score (nSPS) is 14.0. The number of aromatic nitrogens is 2. The summed E-state index contributed by atoms with van der Waals surface area (Å²) in [4.78, 5) is 10.3. The fourth-order valence-electron chi connectivity index (χ4n) is 3.46. The standard InChI is InChI=1S/C22H19ClN2OS.C3H7NO2S/c1-22(2,26)15-7-9-24-19(12-15)17-8-10-25-20-13-16(27-21(17)20)11-14-5-3-4-6-18(14)23;4-7(5,6)3-1-2-3/h3-10,12-13,26H,11H2,1-2H3;3H,1-2H2,(H2,4,5,6). The Morgan fingerprint density at radius 2 is 1.82 bits per heavy atom. The summed E-state index contributed by atoms with van der Waals surface area (Å²) in [6, 6.07) is 15.8. The Morgan fingerprint density at radius 1 is 1.12 bits per heavy atom. The van der Waals surface area contributed by atoms with Gasteiger partial charge in [0, 0.05) is 34.3 Å². The Bertz CT molecular complexity index is 1420. The lowest BCUT2D eigenvalue weighted by molar-refractivity contribution is 0.0785. The van der Waals surface area contributed by atoms with Gasteiger partial charge < -0.3 is 5.11 Å². The summed E-state index contributed by atoms with van der Waals surface area (Å²) in [6.45, 7) is 3.56. The minimum Gasteiger partial charge on any atom is -0.386 e. The van der Waals surface area contributed by atoms with E-state index in [1.54, 1.807) is 31.4 Å². The monoisotopic (exact) mass is 515 g/mol. The predicted octanol–water partition coefficient (Wildman–Crippen LogP) is 5.27. The number of rotatable bonds is 5. The van der Waals surface area contributed by atoms with E-state index < -0.39 is 15.6 Å². The molecule has 1 aliphatic rings. The summed E-state index contributed by atoms with van der Waals surface area (Å²) in [6.07, 6.45) is 5.85. The second kappa shape index (κ2) is 9.71. The predicted molar refractivity (Wildman–Crippen MR) is 138 cm³/mol. The first kappa shape index (κ1) is 24.8. The number of nitrogens with two attached hydrogens (primary N) is 1. The van der Waals surface area contributed by atoms with Crippen LogP contribution in [0.2, 0.25) is 5.02 Å². The lowest BCUT2D eigenvalue weighted by Crippen LogP contribution is -2.16. The molecule has 5 rings (SSSR count). The third-order valence-corrected chi connectivity index (χ3v) is 8.44. The number of primary sulfonamides is 1. The van der Waals surface area contributed by atoms with Crippen LogP contribution < -0.4 is 5.14 Å². The topological polar surface area (TPSA) is 106 Å². The van der Waals surface area contributed by atoms with Crippen molar-refractivity contribution < 1.29 is 13.5 Å². The van der Waals surface area contributed by atoms with E-state index >= 15 is 0 Å². The first-order chi connectivity index (χ1) is 16.0. The van der Waals surface area contributed by atoms with Crippen LogP contribution in [0.25, 0.3) is 21.5 Å². The van der Waals surface area contributed by atoms with Gasteiger partial charge in [0.1, 0.15) is 0 Å². The van der Waals surface area contributed by atoms with Gasteiger partial charge in [-0.2, -0.15) is 0 Å². The molecule has 3 N–H and O–H groups in total. The fourth-order valence-corrected chi connectivity index (χ4v) is 5.62. The molecule has 1 aromatic carbocycles. The van der Waals surface area contributed by atoms with Gasteiger partial charge in [0.25, 0.3) is 0 Å². The first-order valence-electron chi connectivity index (χ1n) is 10.8. The average molecular weight is 516 g/mol. The Kier molecular flexibility index (Phi) is 7.07. The molecule has 4 aromatic rings. The van der Waals surface area contributed by atoms with Gasteiger partial charge in [-0.3, -0.25) is 9.97 Å². The quantitative estimate of drug-likeness (QED) is 0.376. The molecule has 9 heteroatoms. The van der Waals surface area contributed by atoms with Gasteiger partial charge in [0.2, 0.25) is 10.0 Å². The van der Waals surface area contributed by atoms with Crippen LogP contribution in [-0.4, -0.2) is 28.7 Å². The number of pyridine rings is 2. The molecule has 0 radical (unpaired) electrons. The van der Waals surface area contributed by atoms with Crippen LogP contribution in [0.1, 0.15) is 42.7 Å². The Hall–Kier alpha value is -2.36. The van der Waals surface area contributed by atoms with E-state index in [0.29, 0.717) is 0 Å². The number of hydrogen-bond acceptors (Lipinski definition) is 6. The minimum absolute atomic E-state index is 0.201. The minimum atomic E-state index is -3.13. The van der Waals surface area contributed by atoms with Crippen LogP contribution in [-0.2, 0) is 22.0 Å². The van der Waals surface area contributed by atoms with Crippen molar-refractivity contribution in [3.63, 3.8) is 0 Å². The van der Waals surface area contributed by atoms with Crippen molar-refractivity contribution >= 4 is 43.2 Å². The van der Waals surface area contributed by atoms with Gasteiger partial charge in [-0.25, -0.2) is 13.6 Å². The maximum Gasteiger partial charge on any atom is 0.211 e. The molecule has 34 heavy (non-hydrogen) atoms. The number of halogens is 1. The van der Waals surface area contributed by atoms with E-state index in [4.69, 9.17) is 16.7 Å². The zero-order valence-corrected chi connectivity index (χ0v) is 21.3. The second-order valence-corrected chi connectivity index (χ2v) is 12.2. The number of sulfonamides is 1. The molecule has 1 aliphatic carbocycles. The number of aliphatic hydroxyl groups is 1. The molecule has 0 saturated heterocycles. The van der Waals surface area contributed by atoms with Crippen molar-refractivity contribution in [1.29, 1.82) is 0 Å². The Labute approximate surface area is 208 Å². The van der Waals surface area contributed by atoms with E-state index in [1.807, 2.05) is 42.6 Å². The van der Waals surface area contributed by atoms with Crippen molar-refractivity contribution in [3.05, 3.63) is 82.0 Å². The summed E-state index contributed by atoms with van der Waals surface area (Å²) < 4.78 is 21.4. The number of fused-ring (bicyclic) bond motifs is 1. The largest absolute Gasteiger partial charge is 0.386 e. The molecular formula is C25H26ClN3O3S2. The van der Waals surface area contributed by atoms with Crippen molar-refractivity contribution in [3.8, 4) is 11.3 Å². The van der Waals surface area contributed by atoms with Gasteiger partial charge in [0.05, 0.1) is 26.8 Å². The van der Waals surface area contributed by atoms with Gasteiger partial charge in [-0.05, 0) is 68.1 Å². The number of thiophene rings is 1. The molecular weight excluding hydrogens is 490 g/mol. The average Bonchev–Trinajstić information content (AvgIpc) is 3.56. The highest BCUT2D eigenvalue weighted by molar-refractivity contribution is 7.90. The van der Waals surface area contributed by atoms with E-state index in [0.717, 1.165) is 56.9 Å². The van der Waals surface area contributed by atoms with Crippen LogP contribution in [0.5, 0.6) is 0 Å². The summed E-state index contributed by atoms with van der Waals surface area (Å²) in [5, 5.41) is 15.6.